The van der Waals surface area contributed by atoms with Crippen molar-refractivity contribution in [2.45, 2.75) is 26.4 Å². The first-order valence-corrected chi connectivity index (χ1v) is 13.7. The van der Waals surface area contributed by atoms with E-state index in [1.165, 1.54) is 17.0 Å². The first-order chi connectivity index (χ1) is 21.1. The largest absolute Gasteiger partial charge is 0.490 e. The third-order valence-corrected chi connectivity index (χ3v) is 6.86. The van der Waals surface area contributed by atoms with Crippen molar-refractivity contribution in [3.63, 3.8) is 0 Å². The number of nitrogens with one attached hydrogen (secondary N) is 2. The van der Waals surface area contributed by atoms with Crippen molar-refractivity contribution in [1.82, 2.24) is 4.90 Å². The number of ether oxygens (including phenoxy) is 3. The lowest BCUT2D eigenvalue weighted by molar-refractivity contribution is -0.384. The molecule has 0 aromatic heterocycles. The summed E-state index contributed by atoms with van der Waals surface area (Å²) in [6.07, 6.45) is 2.62. The fourth-order valence-electron chi connectivity index (χ4n) is 4.75. The minimum Gasteiger partial charge on any atom is -0.490 e. The van der Waals surface area contributed by atoms with Crippen LogP contribution in [0.4, 0.5) is 27.5 Å². The monoisotopic (exact) mass is 627 g/mol. The molecule has 0 atom stereocenters. The number of hydrogen-bond acceptors (Lipinski definition) is 12. The van der Waals surface area contributed by atoms with E-state index in [2.05, 4.69) is 10.6 Å². The molecule has 2 aromatic rings. The summed E-state index contributed by atoms with van der Waals surface area (Å²) in [5.41, 5.74) is 7.88. The van der Waals surface area contributed by atoms with E-state index < -0.39 is 50.1 Å². The van der Waals surface area contributed by atoms with Gasteiger partial charge in [-0.15, -0.1) is 0 Å². The number of nitro benzene ring substituents is 2. The van der Waals surface area contributed by atoms with E-state index in [4.69, 9.17) is 25.7 Å². The molecule has 6 N–H and O–H groups in total. The van der Waals surface area contributed by atoms with E-state index in [1.807, 2.05) is 0 Å². The van der Waals surface area contributed by atoms with Gasteiger partial charge >= 0.3 is 6.09 Å². The number of benzene rings is 2. The number of carbonyl (C=O) groups excluding carboxylic acids is 3. The fraction of sp³-hybridized carbons (Fsp3) is 0.393. The van der Waals surface area contributed by atoms with Crippen LogP contribution in [0.1, 0.15) is 41.5 Å². The molecule has 3 amide bonds. The van der Waals surface area contributed by atoms with Crippen molar-refractivity contribution < 1.29 is 38.4 Å². The Balaban J connectivity index is 1.77. The van der Waals surface area contributed by atoms with Gasteiger partial charge in [0.2, 0.25) is 11.8 Å². The van der Waals surface area contributed by atoms with Crippen molar-refractivity contribution in [2.24, 2.45) is 16.9 Å². The highest BCUT2D eigenvalue weighted by Crippen LogP contribution is 2.41. The van der Waals surface area contributed by atoms with Crippen LogP contribution < -0.4 is 31.6 Å². The molecule has 4 rings (SSSR count). The second kappa shape index (κ2) is 12.6. The maximum Gasteiger partial charge on any atom is 0.410 e. The van der Waals surface area contributed by atoms with Gasteiger partial charge in [0.05, 0.1) is 15.3 Å². The maximum absolute atomic E-state index is 12.8. The van der Waals surface area contributed by atoms with Crippen LogP contribution in [0.15, 0.2) is 36.4 Å². The Morgan fingerprint density at radius 2 is 1.27 bits per heavy atom. The average Bonchev–Trinajstić information content (AvgIpc) is 2.92. The minimum absolute atomic E-state index is 0.0121. The molecule has 2 aliphatic heterocycles. The average molecular weight is 628 g/mol. The lowest BCUT2D eigenvalue weighted by Crippen LogP contribution is -2.64. The molecule has 45 heavy (non-hydrogen) atoms. The molecule has 17 heteroatoms. The fourth-order valence-corrected chi connectivity index (χ4v) is 4.75. The van der Waals surface area contributed by atoms with Gasteiger partial charge in [-0.25, -0.2) is 4.79 Å². The van der Waals surface area contributed by atoms with Gasteiger partial charge in [-0.05, 0) is 32.9 Å². The molecule has 0 aliphatic carbocycles. The lowest BCUT2D eigenvalue weighted by Gasteiger charge is -2.49. The molecular weight excluding hydrogens is 594 g/mol. The van der Waals surface area contributed by atoms with Crippen LogP contribution >= 0.6 is 0 Å². The summed E-state index contributed by atoms with van der Waals surface area (Å²) in [6, 6.07) is 4.63. The number of likely N-dealkylation sites (tertiary alicyclic amines) is 1. The van der Waals surface area contributed by atoms with E-state index >= 15 is 0 Å². The van der Waals surface area contributed by atoms with Gasteiger partial charge < -0.3 is 41.2 Å². The predicted octanol–water partition coefficient (Wildman–Crippen LogP) is 2.79. The van der Waals surface area contributed by atoms with E-state index in [0.29, 0.717) is 0 Å². The van der Waals surface area contributed by atoms with Gasteiger partial charge in [-0.1, -0.05) is 12.2 Å². The Hall–Kier alpha value is -5.61. The molecule has 1 spiro atoms. The van der Waals surface area contributed by atoms with Crippen LogP contribution in [-0.4, -0.2) is 77.6 Å². The second-order valence-corrected chi connectivity index (χ2v) is 11.6. The minimum atomic E-state index is -0.973. The topological polar surface area (TPSA) is 245 Å². The van der Waals surface area contributed by atoms with E-state index in [1.54, 1.807) is 32.9 Å². The van der Waals surface area contributed by atoms with Gasteiger partial charge in [0.1, 0.15) is 30.3 Å². The number of anilines is 2. The first-order valence-electron chi connectivity index (χ1n) is 13.7. The molecule has 0 unspecified atom stereocenters. The smallest absolute Gasteiger partial charge is 0.410 e. The third kappa shape index (κ3) is 7.49. The van der Waals surface area contributed by atoms with Crippen molar-refractivity contribution in [3.8, 4) is 11.5 Å². The second-order valence-electron chi connectivity index (χ2n) is 11.6. The number of amides is 3. The molecule has 0 bridgehead atoms. The predicted molar refractivity (Wildman–Crippen MR) is 161 cm³/mol. The molecule has 0 saturated carbocycles. The van der Waals surface area contributed by atoms with Crippen molar-refractivity contribution in [1.29, 1.82) is 0 Å². The van der Waals surface area contributed by atoms with Crippen LogP contribution in [0.3, 0.4) is 0 Å². The van der Waals surface area contributed by atoms with Crippen molar-refractivity contribution in [2.75, 3.05) is 50.0 Å². The lowest BCUT2D eigenvalue weighted by atomic mass is 9.81. The summed E-state index contributed by atoms with van der Waals surface area (Å²) in [6.45, 7) is 5.00. The van der Waals surface area contributed by atoms with Crippen molar-refractivity contribution >= 4 is 40.7 Å². The quantitative estimate of drug-likeness (QED) is 0.217. The number of nitro groups is 2. The summed E-state index contributed by atoms with van der Waals surface area (Å²) in [7, 11) is 0. The van der Waals surface area contributed by atoms with Crippen LogP contribution in [0.2, 0.25) is 0 Å². The molecule has 2 aliphatic rings. The zero-order valence-electron chi connectivity index (χ0n) is 24.8. The standard InChI is InChI=1S/C28H33N7O10/c1-27(2,3)45-26(38)33-12-28(13-33)14-43-20-10-16(24(29)36)8-18(34(39)40)22(20)31-6-4-5-7-32-23-19(35(41)42)9-17(25(30)37)11-21(23)44-15-28/h4-5,8-11,31-32H,6-7,12-15H2,1-3H3,(H2,29,36)(H2,30,37)/b5-4-. The van der Waals surface area contributed by atoms with Crippen LogP contribution in [0.5, 0.6) is 11.5 Å². The SMILES string of the molecule is CC(C)(C)OC(=O)N1CC2(COc3cc(C(N)=O)cc([N+](=O)[O-])c3NC/C=C\CNc3c(cc(C(N)=O)cc3[N+](=O)[O-])OC2)C1. The Bertz CT molecular complexity index is 1480. The first kappa shape index (κ1) is 32.3. The highest BCUT2D eigenvalue weighted by atomic mass is 16.6. The van der Waals surface area contributed by atoms with Crippen LogP contribution in [0, 0.1) is 25.6 Å². The van der Waals surface area contributed by atoms with Gasteiger partial charge in [0.25, 0.3) is 11.4 Å². The van der Waals surface area contributed by atoms with Gasteiger partial charge in [0, 0.05) is 49.4 Å². The number of rotatable bonds is 4. The third-order valence-electron chi connectivity index (χ3n) is 6.86. The number of carbonyl (C=O) groups is 3. The van der Waals surface area contributed by atoms with Crippen LogP contribution in [-0.2, 0) is 4.74 Å². The zero-order chi connectivity index (χ0) is 33.1. The molecular formula is C28H33N7O10. The summed E-state index contributed by atoms with van der Waals surface area (Å²) in [5, 5.41) is 29.7. The number of nitrogens with two attached hydrogens (primary N) is 2. The Morgan fingerprint density at radius 1 is 0.844 bits per heavy atom. The normalized spacial score (nSPS) is 16.7. The van der Waals surface area contributed by atoms with Gasteiger partial charge in [-0.2, -0.15) is 0 Å². The molecule has 17 nitrogen and oxygen atoms in total. The van der Waals surface area contributed by atoms with E-state index in [9.17, 15) is 34.6 Å². The van der Waals surface area contributed by atoms with Gasteiger partial charge in [-0.3, -0.25) is 29.8 Å². The highest BCUT2D eigenvalue weighted by molar-refractivity contribution is 5.96. The summed E-state index contributed by atoms with van der Waals surface area (Å²) in [4.78, 5) is 60.7. The summed E-state index contributed by atoms with van der Waals surface area (Å²) >= 11 is 0. The Kier molecular flexibility index (Phi) is 9.01. The van der Waals surface area contributed by atoms with Gasteiger partial charge in [0.15, 0.2) is 11.4 Å². The van der Waals surface area contributed by atoms with E-state index in [-0.39, 0.29) is 73.4 Å². The maximum atomic E-state index is 12.8. The van der Waals surface area contributed by atoms with Crippen molar-refractivity contribution in [3.05, 3.63) is 67.8 Å². The van der Waals surface area contributed by atoms with Crippen LogP contribution in [0.25, 0.3) is 0 Å². The number of primary amides is 2. The summed E-state index contributed by atoms with van der Waals surface area (Å²) < 4.78 is 17.6. The number of hydrogen-bond donors (Lipinski definition) is 4. The molecule has 240 valence electrons. The van der Waals surface area contributed by atoms with E-state index in [0.717, 1.165) is 12.1 Å². The zero-order valence-corrected chi connectivity index (χ0v) is 24.8. The molecule has 0 radical (unpaired) electrons. The Labute approximate surface area is 256 Å². The molecule has 2 aromatic carbocycles. The highest BCUT2D eigenvalue weighted by Gasteiger charge is 2.49. The number of nitrogens with zero attached hydrogens (tertiary/aromatic N) is 3. The number of fused-ring (bicyclic) bond motifs is 2. The summed E-state index contributed by atoms with van der Waals surface area (Å²) in [5.74, 6) is -1.90. The molecule has 2 heterocycles. The molecule has 1 fully saturated rings. The Morgan fingerprint density at radius 3 is 1.62 bits per heavy atom. The molecule has 1 saturated heterocycles.